The number of morpholine rings is 1. The number of nitrogens with zero attached hydrogens (tertiary/aromatic N) is 4. The summed E-state index contributed by atoms with van der Waals surface area (Å²) in [6.07, 6.45) is 0.527. The lowest BCUT2D eigenvalue weighted by Crippen LogP contribution is -2.52. The fourth-order valence-electron chi connectivity index (χ4n) is 3.64. The van der Waals surface area contributed by atoms with E-state index in [-0.39, 0.29) is 5.91 Å². The van der Waals surface area contributed by atoms with Crippen LogP contribution in [0.25, 0.3) is 0 Å². The maximum absolute atomic E-state index is 13.1. The van der Waals surface area contributed by atoms with Crippen LogP contribution in [0.2, 0.25) is 0 Å². The third-order valence-electron chi connectivity index (χ3n) is 4.85. The molecule has 0 aliphatic carbocycles. The van der Waals surface area contributed by atoms with E-state index in [4.69, 9.17) is 4.74 Å². The van der Waals surface area contributed by atoms with E-state index in [1.165, 1.54) is 5.56 Å². The van der Waals surface area contributed by atoms with E-state index in [1.54, 1.807) is 0 Å². The van der Waals surface area contributed by atoms with Crippen molar-refractivity contribution in [3.63, 3.8) is 0 Å². The van der Waals surface area contributed by atoms with Crippen molar-refractivity contribution >= 4 is 11.7 Å². The van der Waals surface area contributed by atoms with Crippen LogP contribution in [0.15, 0.2) is 36.4 Å². The number of hydrogen-bond donors (Lipinski definition) is 0. The zero-order chi connectivity index (χ0) is 17.2. The SMILES string of the molecule is Cc1cc2n(n1)CCCN2C(=O)C1CN(Cc2ccccc2)CCO1. The van der Waals surface area contributed by atoms with E-state index in [0.29, 0.717) is 13.2 Å². The van der Waals surface area contributed by atoms with Crippen LogP contribution in [0.4, 0.5) is 5.82 Å². The fraction of sp³-hybridized carbons (Fsp3) is 0.474. The van der Waals surface area contributed by atoms with Gasteiger partial charge in [0.25, 0.3) is 5.91 Å². The van der Waals surface area contributed by atoms with Gasteiger partial charge in [-0.3, -0.25) is 14.6 Å². The van der Waals surface area contributed by atoms with Gasteiger partial charge in [0.05, 0.1) is 12.3 Å². The Morgan fingerprint density at radius 3 is 2.92 bits per heavy atom. The molecule has 0 saturated carbocycles. The summed E-state index contributed by atoms with van der Waals surface area (Å²) in [6.45, 7) is 6.52. The van der Waals surface area contributed by atoms with Crippen molar-refractivity contribution in [1.82, 2.24) is 14.7 Å². The van der Waals surface area contributed by atoms with E-state index in [1.807, 2.05) is 28.6 Å². The number of anilines is 1. The molecule has 132 valence electrons. The third kappa shape index (κ3) is 3.45. The Bertz CT molecular complexity index is 743. The van der Waals surface area contributed by atoms with Crippen LogP contribution in [0.5, 0.6) is 0 Å². The molecule has 1 fully saturated rings. The molecule has 0 spiro atoms. The quantitative estimate of drug-likeness (QED) is 0.855. The number of amides is 1. The highest BCUT2D eigenvalue weighted by atomic mass is 16.5. The Morgan fingerprint density at radius 1 is 1.24 bits per heavy atom. The molecule has 25 heavy (non-hydrogen) atoms. The summed E-state index contributed by atoms with van der Waals surface area (Å²) in [5, 5.41) is 4.47. The summed E-state index contributed by atoms with van der Waals surface area (Å²) < 4.78 is 7.75. The molecule has 1 amide bonds. The second-order valence-electron chi connectivity index (χ2n) is 6.79. The lowest BCUT2D eigenvalue weighted by molar-refractivity contribution is -0.136. The maximum Gasteiger partial charge on any atom is 0.258 e. The predicted molar refractivity (Wildman–Crippen MR) is 95.4 cm³/mol. The first-order valence-electron chi connectivity index (χ1n) is 8.94. The second-order valence-corrected chi connectivity index (χ2v) is 6.79. The Hall–Kier alpha value is -2.18. The summed E-state index contributed by atoms with van der Waals surface area (Å²) in [7, 11) is 0. The molecule has 0 radical (unpaired) electrons. The van der Waals surface area contributed by atoms with Gasteiger partial charge in [0.2, 0.25) is 0 Å². The van der Waals surface area contributed by atoms with Crippen LogP contribution in [0.3, 0.4) is 0 Å². The number of carbonyl (C=O) groups is 1. The first kappa shape index (κ1) is 16.3. The third-order valence-corrected chi connectivity index (χ3v) is 4.85. The van der Waals surface area contributed by atoms with Gasteiger partial charge >= 0.3 is 0 Å². The van der Waals surface area contributed by atoms with Gasteiger partial charge in [0.15, 0.2) is 0 Å². The number of ether oxygens (including phenoxy) is 1. The molecular formula is C19H24N4O2. The van der Waals surface area contributed by atoms with Crippen molar-refractivity contribution < 1.29 is 9.53 Å². The minimum atomic E-state index is -0.404. The van der Waals surface area contributed by atoms with Crippen LogP contribution >= 0.6 is 0 Å². The van der Waals surface area contributed by atoms with E-state index < -0.39 is 6.10 Å². The number of aryl methyl sites for hydroxylation is 2. The van der Waals surface area contributed by atoms with E-state index >= 15 is 0 Å². The first-order chi connectivity index (χ1) is 12.2. The Kier molecular flexibility index (Phi) is 4.55. The maximum atomic E-state index is 13.1. The Labute approximate surface area is 148 Å². The molecule has 1 atom stereocenters. The van der Waals surface area contributed by atoms with Gasteiger partial charge in [-0.2, -0.15) is 5.10 Å². The molecule has 2 aliphatic rings. The van der Waals surface area contributed by atoms with Crippen molar-refractivity contribution in [2.75, 3.05) is 31.1 Å². The molecule has 4 rings (SSSR count). The second kappa shape index (κ2) is 6.98. The Balaban J connectivity index is 1.45. The van der Waals surface area contributed by atoms with E-state index in [0.717, 1.165) is 44.1 Å². The average molecular weight is 340 g/mol. The van der Waals surface area contributed by atoms with Gasteiger partial charge in [0.1, 0.15) is 11.9 Å². The van der Waals surface area contributed by atoms with E-state index in [2.05, 4.69) is 34.3 Å². The molecular weight excluding hydrogens is 316 g/mol. The smallest absolute Gasteiger partial charge is 0.258 e. The zero-order valence-corrected chi connectivity index (χ0v) is 14.6. The standard InChI is InChI=1S/C19H24N4O2/c1-15-12-18-22(8-5-9-23(18)20-15)19(24)17-14-21(10-11-25-17)13-16-6-3-2-4-7-16/h2-4,6-7,12,17H,5,8-11,13-14H2,1H3. The molecule has 3 heterocycles. The summed E-state index contributed by atoms with van der Waals surface area (Å²) in [4.78, 5) is 17.2. The molecule has 6 heteroatoms. The van der Waals surface area contributed by atoms with Crippen molar-refractivity contribution in [3.8, 4) is 0 Å². The summed E-state index contributed by atoms with van der Waals surface area (Å²) >= 11 is 0. The summed E-state index contributed by atoms with van der Waals surface area (Å²) in [5.41, 5.74) is 2.22. The monoisotopic (exact) mass is 340 g/mol. The minimum Gasteiger partial charge on any atom is -0.366 e. The van der Waals surface area contributed by atoms with Crippen LogP contribution < -0.4 is 4.90 Å². The van der Waals surface area contributed by atoms with Gasteiger partial charge in [-0.05, 0) is 18.9 Å². The van der Waals surface area contributed by atoms with Gasteiger partial charge in [-0.25, -0.2) is 4.68 Å². The van der Waals surface area contributed by atoms with Crippen LogP contribution in [-0.2, 0) is 22.6 Å². The molecule has 1 unspecified atom stereocenters. The van der Waals surface area contributed by atoms with Crippen molar-refractivity contribution in [2.45, 2.75) is 32.5 Å². The van der Waals surface area contributed by atoms with Crippen LogP contribution in [-0.4, -0.2) is 52.9 Å². The molecule has 2 aromatic rings. The molecule has 2 aliphatic heterocycles. The molecule has 0 bridgehead atoms. The largest absolute Gasteiger partial charge is 0.366 e. The number of benzene rings is 1. The number of rotatable bonds is 3. The van der Waals surface area contributed by atoms with Gasteiger partial charge in [0, 0.05) is 38.8 Å². The molecule has 1 aromatic heterocycles. The summed E-state index contributed by atoms with van der Waals surface area (Å²) in [6, 6.07) is 12.4. The van der Waals surface area contributed by atoms with Crippen molar-refractivity contribution in [1.29, 1.82) is 0 Å². The highest BCUT2D eigenvalue weighted by Crippen LogP contribution is 2.23. The topological polar surface area (TPSA) is 50.6 Å². The molecule has 1 aromatic carbocycles. The Morgan fingerprint density at radius 2 is 2.08 bits per heavy atom. The number of hydrogen-bond acceptors (Lipinski definition) is 4. The highest BCUT2D eigenvalue weighted by molar-refractivity contribution is 5.96. The summed E-state index contributed by atoms with van der Waals surface area (Å²) in [5.74, 6) is 0.955. The van der Waals surface area contributed by atoms with E-state index in [9.17, 15) is 4.79 Å². The van der Waals surface area contributed by atoms with Crippen molar-refractivity contribution in [3.05, 3.63) is 47.7 Å². The van der Waals surface area contributed by atoms with Gasteiger partial charge in [-0.1, -0.05) is 30.3 Å². The van der Waals surface area contributed by atoms with Gasteiger partial charge in [-0.15, -0.1) is 0 Å². The average Bonchev–Trinajstić information content (AvgIpc) is 3.02. The number of aromatic nitrogens is 2. The minimum absolute atomic E-state index is 0.0543. The number of carbonyl (C=O) groups excluding carboxylic acids is 1. The molecule has 1 saturated heterocycles. The van der Waals surface area contributed by atoms with Crippen LogP contribution in [0, 0.1) is 6.92 Å². The molecule has 6 nitrogen and oxygen atoms in total. The predicted octanol–water partition coefficient (Wildman–Crippen LogP) is 1.83. The lowest BCUT2D eigenvalue weighted by atomic mass is 10.1. The van der Waals surface area contributed by atoms with Crippen LogP contribution in [0.1, 0.15) is 17.7 Å². The normalized spacial score (nSPS) is 21.2. The lowest BCUT2D eigenvalue weighted by Gasteiger charge is -2.36. The first-order valence-corrected chi connectivity index (χ1v) is 8.94. The van der Waals surface area contributed by atoms with Crippen molar-refractivity contribution in [2.24, 2.45) is 0 Å². The number of fused-ring (bicyclic) bond motifs is 1. The fourth-order valence-corrected chi connectivity index (χ4v) is 3.64. The van der Waals surface area contributed by atoms with Gasteiger partial charge < -0.3 is 4.74 Å². The highest BCUT2D eigenvalue weighted by Gasteiger charge is 2.33. The molecule has 0 N–H and O–H groups in total. The zero-order valence-electron chi connectivity index (χ0n) is 14.6.